The second kappa shape index (κ2) is 10.9. The molecular weight excluding hydrogens is 419 g/mol. The summed E-state index contributed by atoms with van der Waals surface area (Å²) in [6.45, 7) is 5.73. The molecule has 0 radical (unpaired) electrons. The zero-order valence-corrected chi connectivity index (χ0v) is 16.4. The van der Waals surface area contributed by atoms with Crippen LogP contribution >= 0.6 is 0 Å². The molecule has 0 bridgehead atoms. The van der Waals surface area contributed by atoms with Crippen molar-refractivity contribution in [2.75, 3.05) is 13.2 Å². The van der Waals surface area contributed by atoms with Crippen LogP contribution in [0.5, 0.6) is 0 Å². The van der Waals surface area contributed by atoms with Gasteiger partial charge in [-0.25, -0.2) is 0 Å². The number of amides is 1. The monoisotopic (exact) mass is 441 g/mol. The van der Waals surface area contributed by atoms with Gasteiger partial charge in [0.15, 0.2) is 18.5 Å². The van der Waals surface area contributed by atoms with Crippen LogP contribution in [-0.4, -0.2) is 73.8 Å². The minimum absolute atomic E-state index is 0.214. The standard InChI is InChI=1S/C17H22F3NO9/c1-5-6-26-15-12(21-16(25)17(18,19)20)14(29-10(4)24)13(28-9(3)23)11(30-15)7-27-8(2)22/h5,11-15H,1,6-7H2,2-4H3,(H,21,25)/t11-,12-,13-,14-,15-/m1/s1. The Morgan fingerprint density at radius 2 is 1.60 bits per heavy atom. The van der Waals surface area contributed by atoms with Gasteiger partial charge in [0.25, 0.3) is 0 Å². The third kappa shape index (κ3) is 7.63. The largest absolute Gasteiger partial charge is 0.471 e. The summed E-state index contributed by atoms with van der Waals surface area (Å²) in [5, 5.41) is 1.64. The van der Waals surface area contributed by atoms with Crippen molar-refractivity contribution in [3.63, 3.8) is 0 Å². The lowest BCUT2D eigenvalue weighted by molar-refractivity contribution is -0.276. The van der Waals surface area contributed by atoms with E-state index in [1.54, 1.807) is 5.32 Å². The fourth-order valence-corrected chi connectivity index (χ4v) is 2.59. The van der Waals surface area contributed by atoms with E-state index in [2.05, 4.69) is 6.58 Å². The molecule has 1 aliphatic rings. The van der Waals surface area contributed by atoms with E-state index in [-0.39, 0.29) is 6.61 Å². The van der Waals surface area contributed by atoms with Gasteiger partial charge in [0, 0.05) is 20.8 Å². The molecule has 10 nitrogen and oxygen atoms in total. The molecule has 1 N–H and O–H groups in total. The summed E-state index contributed by atoms with van der Waals surface area (Å²) in [4.78, 5) is 45.8. The minimum Gasteiger partial charge on any atom is -0.463 e. The minimum atomic E-state index is -5.27. The fourth-order valence-electron chi connectivity index (χ4n) is 2.59. The zero-order valence-electron chi connectivity index (χ0n) is 16.4. The molecule has 1 amide bonds. The fraction of sp³-hybridized carbons (Fsp3) is 0.647. The van der Waals surface area contributed by atoms with Gasteiger partial charge < -0.3 is 29.0 Å². The first kappa shape index (κ1) is 25.4. The molecule has 0 aromatic rings. The number of rotatable bonds is 8. The number of hydrogen-bond acceptors (Lipinski definition) is 9. The molecule has 0 unspecified atom stereocenters. The van der Waals surface area contributed by atoms with E-state index in [1.807, 2.05) is 0 Å². The first-order valence-corrected chi connectivity index (χ1v) is 8.60. The quantitative estimate of drug-likeness (QED) is 0.323. The third-order valence-corrected chi connectivity index (χ3v) is 3.63. The summed E-state index contributed by atoms with van der Waals surface area (Å²) >= 11 is 0. The summed E-state index contributed by atoms with van der Waals surface area (Å²) in [6.07, 6.45) is -10.1. The maximum Gasteiger partial charge on any atom is 0.471 e. The summed E-state index contributed by atoms with van der Waals surface area (Å²) in [5.41, 5.74) is 0. The molecule has 0 spiro atoms. The molecule has 1 saturated heterocycles. The molecule has 1 heterocycles. The zero-order chi connectivity index (χ0) is 23.1. The van der Waals surface area contributed by atoms with Crippen LogP contribution < -0.4 is 5.32 Å². The maximum absolute atomic E-state index is 12.8. The van der Waals surface area contributed by atoms with Crippen molar-refractivity contribution in [2.45, 2.75) is 57.6 Å². The highest BCUT2D eigenvalue weighted by molar-refractivity contribution is 5.82. The van der Waals surface area contributed by atoms with Crippen LogP contribution in [0.25, 0.3) is 0 Å². The second-order valence-corrected chi connectivity index (χ2v) is 6.11. The Morgan fingerprint density at radius 3 is 2.07 bits per heavy atom. The summed E-state index contributed by atoms with van der Waals surface area (Å²) in [7, 11) is 0. The van der Waals surface area contributed by atoms with Crippen molar-refractivity contribution in [2.24, 2.45) is 0 Å². The molecule has 170 valence electrons. The molecular formula is C17H22F3NO9. The van der Waals surface area contributed by atoms with Crippen LogP contribution in [0.15, 0.2) is 12.7 Å². The number of carbonyl (C=O) groups is 4. The Morgan fingerprint density at radius 1 is 1.03 bits per heavy atom. The van der Waals surface area contributed by atoms with Gasteiger partial charge in [-0.15, -0.1) is 6.58 Å². The molecule has 1 fully saturated rings. The SMILES string of the molecule is C=CCO[C@@H]1O[C@H](COC(C)=O)[C@@H](OC(C)=O)[C@H](OC(C)=O)[C@H]1NC(=O)C(F)(F)F. The van der Waals surface area contributed by atoms with Gasteiger partial charge >= 0.3 is 30.0 Å². The highest BCUT2D eigenvalue weighted by atomic mass is 19.4. The molecule has 1 rings (SSSR count). The lowest BCUT2D eigenvalue weighted by Gasteiger charge is -2.44. The van der Waals surface area contributed by atoms with E-state index in [9.17, 15) is 32.3 Å². The van der Waals surface area contributed by atoms with Crippen LogP contribution in [0.4, 0.5) is 13.2 Å². The summed E-state index contributed by atoms with van der Waals surface area (Å²) in [5.74, 6) is -4.92. The predicted octanol–water partition coefficient (Wildman–Crippen LogP) is 0.387. The van der Waals surface area contributed by atoms with Gasteiger partial charge in [0.2, 0.25) is 0 Å². The number of ether oxygens (including phenoxy) is 5. The van der Waals surface area contributed by atoms with Gasteiger partial charge in [-0.3, -0.25) is 19.2 Å². The smallest absolute Gasteiger partial charge is 0.463 e. The van der Waals surface area contributed by atoms with E-state index in [0.29, 0.717) is 0 Å². The molecule has 30 heavy (non-hydrogen) atoms. The lowest BCUT2D eigenvalue weighted by Crippen LogP contribution is -2.67. The Labute approximate surface area is 169 Å². The maximum atomic E-state index is 12.8. The van der Waals surface area contributed by atoms with Crippen molar-refractivity contribution >= 4 is 23.8 Å². The first-order valence-electron chi connectivity index (χ1n) is 8.60. The number of hydrogen-bond donors (Lipinski definition) is 1. The van der Waals surface area contributed by atoms with Crippen molar-refractivity contribution in [1.82, 2.24) is 5.32 Å². The Hall–Kier alpha value is -2.67. The van der Waals surface area contributed by atoms with Gasteiger partial charge in [0.1, 0.15) is 18.8 Å². The molecule has 0 aromatic carbocycles. The number of nitrogens with one attached hydrogen (secondary N) is 1. The second-order valence-electron chi connectivity index (χ2n) is 6.11. The van der Waals surface area contributed by atoms with Crippen molar-refractivity contribution in [3.05, 3.63) is 12.7 Å². The lowest BCUT2D eigenvalue weighted by atomic mass is 9.96. The van der Waals surface area contributed by atoms with Crippen molar-refractivity contribution < 1.29 is 56.0 Å². The van der Waals surface area contributed by atoms with Crippen LogP contribution in [0, 0.1) is 0 Å². The molecule has 0 aromatic heterocycles. The first-order chi connectivity index (χ1) is 13.9. The molecule has 1 aliphatic heterocycles. The number of alkyl halides is 3. The van der Waals surface area contributed by atoms with Crippen molar-refractivity contribution in [1.29, 1.82) is 0 Å². The van der Waals surface area contributed by atoms with Crippen LogP contribution in [0.2, 0.25) is 0 Å². The van der Waals surface area contributed by atoms with Gasteiger partial charge in [-0.2, -0.15) is 13.2 Å². The van der Waals surface area contributed by atoms with Gasteiger partial charge in [-0.1, -0.05) is 6.08 Å². The third-order valence-electron chi connectivity index (χ3n) is 3.63. The Kier molecular flexibility index (Phi) is 9.23. The van der Waals surface area contributed by atoms with Crippen LogP contribution in [0.3, 0.4) is 0 Å². The van der Waals surface area contributed by atoms with Crippen molar-refractivity contribution in [3.8, 4) is 0 Å². The van der Waals surface area contributed by atoms with E-state index >= 15 is 0 Å². The van der Waals surface area contributed by atoms with E-state index in [0.717, 1.165) is 20.8 Å². The van der Waals surface area contributed by atoms with Gasteiger partial charge in [-0.05, 0) is 0 Å². The molecule has 0 saturated carbocycles. The topological polar surface area (TPSA) is 126 Å². The average molecular weight is 441 g/mol. The molecule has 5 atom stereocenters. The van der Waals surface area contributed by atoms with Crippen LogP contribution in [0.1, 0.15) is 20.8 Å². The molecule has 0 aliphatic carbocycles. The van der Waals surface area contributed by atoms with Gasteiger partial charge in [0.05, 0.1) is 6.61 Å². The Bertz CT molecular complexity index is 667. The summed E-state index contributed by atoms with van der Waals surface area (Å²) in [6, 6.07) is -1.72. The molecule has 13 heteroatoms. The highest BCUT2D eigenvalue weighted by Gasteiger charge is 2.53. The highest BCUT2D eigenvalue weighted by Crippen LogP contribution is 2.29. The predicted molar refractivity (Wildman–Crippen MR) is 90.5 cm³/mol. The number of esters is 3. The number of carbonyl (C=O) groups excluding carboxylic acids is 4. The number of halogens is 3. The summed E-state index contributed by atoms with van der Waals surface area (Å²) < 4.78 is 64.1. The van der Waals surface area contributed by atoms with E-state index in [4.69, 9.17) is 23.7 Å². The van der Waals surface area contributed by atoms with E-state index in [1.165, 1.54) is 6.08 Å². The van der Waals surface area contributed by atoms with Crippen LogP contribution in [-0.2, 0) is 42.9 Å². The van der Waals surface area contributed by atoms with E-state index < -0.39 is 67.2 Å². The normalized spacial score (nSPS) is 26.3. The average Bonchev–Trinajstić information content (AvgIpc) is 2.60. The Balaban J connectivity index is 3.35.